The molecule has 0 radical (unpaired) electrons. The summed E-state index contributed by atoms with van der Waals surface area (Å²) in [5, 5.41) is 10.5. The summed E-state index contributed by atoms with van der Waals surface area (Å²) in [4.78, 5) is 5.62. The Morgan fingerprint density at radius 1 is 1.03 bits per heavy atom. The summed E-state index contributed by atoms with van der Waals surface area (Å²) >= 11 is 0. The Kier molecular flexibility index (Phi) is 4.67. The van der Waals surface area contributed by atoms with Crippen LogP contribution in [0, 0.1) is 5.82 Å². The van der Waals surface area contributed by atoms with Crippen molar-refractivity contribution in [2.75, 3.05) is 11.9 Å². The standard InChI is InChI=1S/C24H23F3N2O2/c1-31-22-20(12-19(25)21(28-22)23(30)15-24(26,27)16-23)29(13-17-8-4-2-5-9-17)14-18-10-6-3-7-11-18/h2-12,30H,13-16H2,1H3/i1D3. The molecule has 1 aromatic heterocycles. The van der Waals surface area contributed by atoms with Gasteiger partial charge in [-0.2, -0.15) is 0 Å². The topological polar surface area (TPSA) is 45.6 Å². The van der Waals surface area contributed by atoms with E-state index in [1.165, 1.54) is 0 Å². The lowest BCUT2D eigenvalue weighted by Crippen LogP contribution is -2.50. The lowest BCUT2D eigenvalue weighted by molar-refractivity contribution is -0.213. The number of methoxy groups -OCH3 is 1. The van der Waals surface area contributed by atoms with E-state index in [1.807, 2.05) is 60.7 Å². The maximum Gasteiger partial charge on any atom is 0.254 e. The van der Waals surface area contributed by atoms with Gasteiger partial charge in [-0.25, -0.2) is 18.2 Å². The van der Waals surface area contributed by atoms with Crippen molar-refractivity contribution in [2.24, 2.45) is 0 Å². The molecule has 1 heterocycles. The molecule has 1 aliphatic carbocycles. The van der Waals surface area contributed by atoms with Crippen LogP contribution in [0.5, 0.6) is 5.88 Å². The highest BCUT2D eigenvalue weighted by molar-refractivity contribution is 5.57. The highest BCUT2D eigenvalue weighted by Gasteiger charge is 2.58. The molecule has 1 saturated carbocycles. The zero-order chi connectivity index (χ0) is 24.6. The second-order valence-corrected chi connectivity index (χ2v) is 7.81. The highest BCUT2D eigenvalue weighted by Crippen LogP contribution is 2.52. The van der Waals surface area contributed by atoms with E-state index < -0.39 is 48.8 Å². The van der Waals surface area contributed by atoms with Crippen LogP contribution in [0.4, 0.5) is 18.9 Å². The van der Waals surface area contributed by atoms with Gasteiger partial charge in [-0.1, -0.05) is 60.7 Å². The van der Waals surface area contributed by atoms with Crippen molar-refractivity contribution in [3.8, 4) is 5.88 Å². The van der Waals surface area contributed by atoms with Crippen molar-refractivity contribution in [1.82, 2.24) is 4.98 Å². The number of rotatable bonds is 7. The maximum absolute atomic E-state index is 15.2. The monoisotopic (exact) mass is 431 g/mol. The molecule has 7 heteroatoms. The smallest absolute Gasteiger partial charge is 0.254 e. The number of hydrogen-bond acceptors (Lipinski definition) is 4. The molecule has 0 unspecified atom stereocenters. The van der Waals surface area contributed by atoms with Gasteiger partial charge in [0.25, 0.3) is 5.92 Å². The fourth-order valence-electron chi connectivity index (χ4n) is 3.90. The zero-order valence-electron chi connectivity index (χ0n) is 19.6. The van der Waals surface area contributed by atoms with Crippen molar-refractivity contribution in [3.05, 3.63) is 89.4 Å². The summed E-state index contributed by atoms with van der Waals surface area (Å²) < 4.78 is 69.8. The van der Waals surface area contributed by atoms with E-state index in [1.54, 1.807) is 4.90 Å². The molecule has 2 aromatic carbocycles. The number of alkyl halides is 2. The molecule has 0 saturated heterocycles. The summed E-state index contributed by atoms with van der Waals surface area (Å²) in [6, 6.07) is 19.5. The summed E-state index contributed by atoms with van der Waals surface area (Å²) in [5.41, 5.74) is -1.11. The minimum Gasteiger partial charge on any atom is -0.480 e. The van der Waals surface area contributed by atoms with Crippen molar-refractivity contribution in [1.29, 1.82) is 0 Å². The number of hydrogen-bond donors (Lipinski definition) is 1. The summed E-state index contributed by atoms with van der Waals surface area (Å²) in [6.07, 6.45) is -2.01. The van der Waals surface area contributed by atoms with Crippen LogP contribution in [0.3, 0.4) is 0 Å². The van der Waals surface area contributed by atoms with E-state index in [0.717, 1.165) is 17.2 Å². The van der Waals surface area contributed by atoms with Gasteiger partial charge in [-0.3, -0.25) is 0 Å². The molecule has 0 aliphatic heterocycles. The first-order valence-electron chi connectivity index (χ1n) is 11.3. The Labute approximate surface area is 183 Å². The van der Waals surface area contributed by atoms with Crippen molar-refractivity contribution in [3.63, 3.8) is 0 Å². The highest BCUT2D eigenvalue weighted by atomic mass is 19.3. The molecule has 0 amide bonds. The van der Waals surface area contributed by atoms with Gasteiger partial charge in [-0.05, 0) is 11.1 Å². The summed E-state index contributed by atoms with van der Waals surface area (Å²) in [7, 11) is -2.94. The minimum atomic E-state index is -3.15. The van der Waals surface area contributed by atoms with E-state index in [-0.39, 0.29) is 18.8 Å². The second-order valence-electron chi connectivity index (χ2n) is 7.81. The fraction of sp³-hybridized carbons (Fsp3) is 0.292. The van der Waals surface area contributed by atoms with Gasteiger partial charge < -0.3 is 14.7 Å². The molecular weight excluding hydrogens is 405 g/mol. The number of ether oxygens (including phenoxy) is 1. The Balaban J connectivity index is 1.79. The SMILES string of the molecule is [2H]C([2H])([2H])Oc1nc(C2(O)CC(F)(F)C2)c(F)cc1N(Cc1ccccc1)Cc1ccccc1. The molecule has 4 nitrogen and oxygen atoms in total. The van der Waals surface area contributed by atoms with Crippen LogP contribution < -0.4 is 9.64 Å². The quantitative estimate of drug-likeness (QED) is 0.569. The van der Waals surface area contributed by atoms with Gasteiger partial charge in [0, 0.05) is 32.0 Å². The molecule has 162 valence electrons. The molecule has 1 N–H and O–H groups in total. The predicted molar refractivity (Wildman–Crippen MR) is 112 cm³/mol. The van der Waals surface area contributed by atoms with Gasteiger partial charge in [0.15, 0.2) is 0 Å². The average Bonchev–Trinajstić information content (AvgIpc) is 2.73. The first-order chi connectivity index (χ1) is 15.9. The molecular formula is C24H23F3N2O2. The third-order valence-corrected chi connectivity index (χ3v) is 5.33. The molecule has 1 aliphatic rings. The van der Waals surface area contributed by atoms with E-state index in [2.05, 4.69) is 4.98 Å². The molecule has 4 rings (SSSR count). The van der Waals surface area contributed by atoms with E-state index in [9.17, 15) is 13.9 Å². The van der Waals surface area contributed by atoms with Crippen molar-refractivity contribution in [2.45, 2.75) is 37.5 Å². The molecule has 0 bridgehead atoms. The molecule has 31 heavy (non-hydrogen) atoms. The first kappa shape index (κ1) is 17.6. The number of benzene rings is 2. The van der Waals surface area contributed by atoms with Crippen molar-refractivity contribution < 1.29 is 27.1 Å². The fourth-order valence-corrected chi connectivity index (χ4v) is 3.90. The Bertz CT molecular complexity index is 1100. The van der Waals surface area contributed by atoms with Crippen LogP contribution in [-0.2, 0) is 18.7 Å². The number of pyridine rings is 1. The average molecular weight is 431 g/mol. The third-order valence-electron chi connectivity index (χ3n) is 5.33. The van der Waals surface area contributed by atoms with Crippen molar-refractivity contribution >= 4 is 5.69 Å². The van der Waals surface area contributed by atoms with Gasteiger partial charge in [0.1, 0.15) is 22.8 Å². The first-order valence-corrected chi connectivity index (χ1v) is 9.77. The van der Waals surface area contributed by atoms with Crippen LogP contribution in [0.1, 0.15) is 33.8 Å². The van der Waals surface area contributed by atoms with Crippen LogP contribution in [0.25, 0.3) is 0 Å². The lowest BCUT2D eigenvalue weighted by atomic mass is 9.74. The van der Waals surface area contributed by atoms with Gasteiger partial charge in [-0.15, -0.1) is 0 Å². The lowest BCUT2D eigenvalue weighted by Gasteiger charge is -2.42. The molecule has 1 fully saturated rings. The van der Waals surface area contributed by atoms with Crippen LogP contribution in [0.2, 0.25) is 0 Å². The molecule has 3 aromatic rings. The third kappa shape index (κ3) is 4.51. The Morgan fingerprint density at radius 3 is 2.06 bits per heavy atom. The van der Waals surface area contributed by atoms with Crippen LogP contribution >= 0.6 is 0 Å². The van der Waals surface area contributed by atoms with Crippen LogP contribution in [-0.4, -0.2) is 23.1 Å². The molecule has 0 atom stereocenters. The normalized spacial score (nSPS) is 18.3. The maximum atomic E-state index is 15.2. The Morgan fingerprint density at radius 2 is 1.58 bits per heavy atom. The number of aromatic nitrogens is 1. The number of halogens is 3. The van der Waals surface area contributed by atoms with E-state index >= 15 is 4.39 Å². The van der Waals surface area contributed by atoms with Gasteiger partial charge >= 0.3 is 0 Å². The number of anilines is 1. The van der Waals surface area contributed by atoms with Crippen LogP contribution in [0.15, 0.2) is 66.7 Å². The molecule has 0 spiro atoms. The zero-order valence-corrected chi connectivity index (χ0v) is 16.6. The van der Waals surface area contributed by atoms with E-state index in [0.29, 0.717) is 0 Å². The Hall–Kier alpha value is -3.06. The van der Waals surface area contributed by atoms with Gasteiger partial charge in [0.2, 0.25) is 5.88 Å². The largest absolute Gasteiger partial charge is 0.480 e. The minimum absolute atomic E-state index is 0.0276. The van der Waals surface area contributed by atoms with Gasteiger partial charge in [0.05, 0.1) is 11.2 Å². The predicted octanol–water partition coefficient (Wildman–Crippen LogP) is 5.05. The number of nitrogens with zero attached hydrogens (tertiary/aromatic N) is 2. The van der Waals surface area contributed by atoms with E-state index in [4.69, 9.17) is 8.85 Å². The summed E-state index contributed by atoms with van der Waals surface area (Å²) in [5.74, 6) is -4.64. The second kappa shape index (κ2) is 8.23. The number of aliphatic hydroxyl groups is 1. The summed E-state index contributed by atoms with van der Waals surface area (Å²) in [6.45, 7) is 0.520.